The van der Waals surface area contributed by atoms with Crippen molar-refractivity contribution in [1.29, 1.82) is 0 Å². The number of hydrogen-bond donors (Lipinski definition) is 1. The van der Waals surface area contributed by atoms with Crippen molar-refractivity contribution >= 4 is 21.9 Å². The summed E-state index contributed by atoms with van der Waals surface area (Å²) in [5.74, 6) is 1.57. The Balaban J connectivity index is 1.04. The number of carbonyl (C=O) groups excluding carboxylic acids is 1. The van der Waals surface area contributed by atoms with Gasteiger partial charge in [-0.05, 0) is 51.5 Å². The molecule has 1 aromatic rings. The number of hydrogen-bond acceptors (Lipinski definition) is 9. The van der Waals surface area contributed by atoms with Gasteiger partial charge in [0.05, 0.1) is 24.3 Å². The molecule has 3 aliphatic heterocycles. The Hall–Kier alpha value is -2.18. The number of piperidine rings is 1. The van der Waals surface area contributed by atoms with Crippen LogP contribution in [0.15, 0.2) is 12.4 Å². The number of ether oxygens (including phenoxy) is 2. The van der Waals surface area contributed by atoms with Crippen molar-refractivity contribution in [3.8, 4) is 5.88 Å². The van der Waals surface area contributed by atoms with Crippen LogP contribution in [0, 0.1) is 5.92 Å². The quantitative estimate of drug-likeness (QED) is 0.577. The smallest absolute Gasteiger partial charge is 0.410 e. The zero-order valence-electron chi connectivity index (χ0n) is 20.4. The molecule has 1 atom stereocenters. The second kappa shape index (κ2) is 10.1. The van der Waals surface area contributed by atoms with Crippen LogP contribution in [0.25, 0.3) is 0 Å². The van der Waals surface area contributed by atoms with Crippen molar-refractivity contribution in [3.05, 3.63) is 12.4 Å². The van der Waals surface area contributed by atoms with Gasteiger partial charge in [-0.1, -0.05) is 0 Å². The second-order valence-corrected chi connectivity index (χ2v) is 12.5. The SMILES string of the molecule is CC1(OC(=O)N2CCC(COc3cnc(N4CCN(S(=O)(=O)[C@@H]5CCNC5)CC4)cn3)CC2)CC1. The molecular formula is C23H36N6O5S. The van der Waals surface area contributed by atoms with E-state index in [4.69, 9.17) is 9.47 Å². The minimum Gasteiger partial charge on any atom is -0.476 e. The molecule has 12 heteroatoms. The average molecular weight is 509 g/mol. The number of carbonyl (C=O) groups is 1. The Morgan fingerprint density at radius 3 is 2.43 bits per heavy atom. The molecular weight excluding hydrogens is 472 g/mol. The number of nitrogens with one attached hydrogen (secondary N) is 1. The van der Waals surface area contributed by atoms with Crippen molar-refractivity contribution in [2.24, 2.45) is 5.92 Å². The summed E-state index contributed by atoms with van der Waals surface area (Å²) in [6, 6.07) is 0. The summed E-state index contributed by atoms with van der Waals surface area (Å²) in [6.45, 7) is 7.32. The summed E-state index contributed by atoms with van der Waals surface area (Å²) in [5, 5.41) is 2.83. The van der Waals surface area contributed by atoms with Crippen LogP contribution in [0.2, 0.25) is 0 Å². The van der Waals surface area contributed by atoms with Crippen molar-refractivity contribution in [3.63, 3.8) is 0 Å². The van der Waals surface area contributed by atoms with Gasteiger partial charge in [0.1, 0.15) is 11.4 Å². The minimum atomic E-state index is -3.25. The van der Waals surface area contributed by atoms with E-state index in [0.717, 1.165) is 38.0 Å². The lowest BCUT2D eigenvalue weighted by atomic mass is 9.98. The van der Waals surface area contributed by atoms with Crippen molar-refractivity contribution in [2.45, 2.75) is 49.9 Å². The zero-order chi connectivity index (χ0) is 24.5. The van der Waals surface area contributed by atoms with E-state index in [1.165, 1.54) is 0 Å². The number of nitrogens with zero attached hydrogens (tertiary/aromatic N) is 5. The van der Waals surface area contributed by atoms with Gasteiger partial charge in [-0.15, -0.1) is 0 Å². The van der Waals surface area contributed by atoms with Gasteiger partial charge in [0.25, 0.3) is 0 Å². The van der Waals surface area contributed by atoms with Crippen LogP contribution >= 0.6 is 0 Å². The Bertz CT molecular complexity index is 980. The van der Waals surface area contributed by atoms with Gasteiger partial charge in [0.2, 0.25) is 15.9 Å². The van der Waals surface area contributed by atoms with E-state index in [9.17, 15) is 13.2 Å². The van der Waals surface area contributed by atoms with Crippen LogP contribution in [0.4, 0.5) is 10.6 Å². The summed E-state index contributed by atoms with van der Waals surface area (Å²) in [6.07, 6.45) is 7.48. The minimum absolute atomic E-state index is 0.195. The van der Waals surface area contributed by atoms with Crippen molar-refractivity contribution in [1.82, 2.24) is 24.5 Å². The van der Waals surface area contributed by atoms with Crippen LogP contribution in [0.3, 0.4) is 0 Å². The maximum Gasteiger partial charge on any atom is 0.410 e. The first-order valence-electron chi connectivity index (χ1n) is 12.7. The molecule has 4 aliphatic rings. The first-order chi connectivity index (χ1) is 16.8. The molecule has 35 heavy (non-hydrogen) atoms. The maximum absolute atomic E-state index is 12.8. The summed E-state index contributed by atoms with van der Waals surface area (Å²) in [4.78, 5) is 25.0. The summed E-state index contributed by atoms with van der Waals surface area (Å²) < 4.78 is 38.6. The van der Waals surface area contributed by atoms with Gasteiger partial charge in [-0.3, -0.25) is 0 Å². The molecule has 194 valence electrons. The predicted molar refractivity (Wildman–Crippen MR) is 130 cm³/mol. The number of anilines is 1. The molecule has 0 aromatic carbocycles. The largest absolute Gasteiger partial charge is 0.476 e. The highest BCUT2D eigenvalue weighted by atomic mass is 32.2. The van der Waals surface area contributed by atoms with Gasteiger partial charge < -0.3 is 24.6 Å². The highest BCUT2D eigenvalue weighted by Gasteiger charge is 2.43. The molecule has 11 nitrogen and oxygen atoms in total. The van der Waals surface area contributed by atoms with Crippen molar-refractivity contribution < 1.29 is 22.7 Å². The van der Waals surface area contributed by atoms with E-state index in [0.29, 0.717) is 70.6 Å². The topological polar surface area (TPSA) is 117 Å². The Morgan fingerprint density at radius 2 is 1.83 bits per heavy atom. The molecule has 1 aromatic heterocycles. The lowest BCUT2D eigenvalue weighted by Crippen LogP contribution is -2.51. The molecule has 1 N–H and O–H groups in total. The van der Waals surface area contributed by atoms with E-state index in [1.54, 1.807) is 21.6 Å². The highest BCUT2D eigenvalue weighted by molar-refractivity contribution is 7.89. The van der Waals surface area contributed by atoms with E-state index in [1.807, 2.05) is 6.92 Å². The third-order valence-corrected chi connectivity index (χ3v) is 9.93. The van der Waals surface area contributed by atoms with E-state index in [-0.39, 0.29) is 16.9 Å². The number of rotatable bonds is 7. The average Bonchev–Trinajstić information content (AvgIpc) is 3.33. The molecule has 1 saturated carbocycles. The van der Waals surface area contributed by atoms with Gasteiger partial charge in [0.15, 0.2) is 0 Å². The van der Waals surface area contributed by atoms with Gasteiger partial charge >= 0.3 is 6.09 Å². The molecule has 0 bridgehead atoms. The molecule has 0 radical (unpaired) electrons. The van der Waals surface area contributed by atoms with E-state index >= 15 is 0 Å². The van der Waals surface area contributed by atoms with Crippen LogP contribution in [0.1, 0.15) is 39.0 Å². The first kappa shape index (κ1) is 24.5. The van der Waals surface area contributed by atoms with Gasteiger partial charge in [-0.2, -0.15) is 4.31 Å². The van der Waals surface area contributed by atoms with Crippen LogP contribution in [0.5, 0.6) is 5.88 Å². The Morgan fingerprint density at radius 1 is 1.09 bits per heavy atom. The third-order valence-electron chi connectivity index (χ3n) is 7.60. The molecule has 0 unspecified atom stereocenters. The summed E-state index contributed by atoms with van der Waals surface area (Å²) in [5.41, 5.74) is -0.236. The van der Waals surface area contributed by atoms with Crippen LogP contribution in [-0.2, 0) is 14.8 Å². The van der Waals surface area contributed by atoms with Crippen LogP contribution in [-0.4, -0.2) is 104 Å². The highest BCUT2D eigenvalue weighted by Crippen LogP contribution is 2.39. The summed E-state index contributed by atoms with van der Waals surface area (Å²) in [7, 11) is -3.25. The molecule has 3 saturated heterocycles. The molecule has 5 rings (SSSR count). The normalized spacial score (nSPS) is 25.5. The van der Waals surface area contributed by atoms with E-state index in [2.05, 4.69) is 20.2 Å². The monoisotopic (exact) mass is 508 g/mol. The molecule has 0 spiro atoms. The number of aromatic nitrogens is 2. The van der Waals surface area contributed by atoms with E-state index < -0.39 is 10.0 Å². The van der Waals surface area contributed by atoms with Gasteiger partial charge in [-0.25, -0.2) is 23.2 Å². The summed E-state index contributed by atoms with van der Waals surface area (Å²) >= 11 is 0. The maximum atomic E-state index is 12.8. The zero-order valence-corrected chi connectivity index (χ0v) is 21.2. The number of piperazine rings is 1. The third kappa shape index (κ3) is 5.80. The lowest BCUT2D eigenvalue weighted by Gasteiger charge is -2.35. The molecule has 4 heterocycles. The molecule has 1 amide bonds. The number of amides is 1. The molecule has 1 aliphatic carbocycles. The van der Waals surface area contributed by atoms with Crippen LogP contribution < -0.4 is 15.0 Å². The Kier molecular flexibility index (Phi) is 7.04. The molecule has 4 fully saturated rings. The fourth-order valence-corrected chi connectivity index (χ4v) is 6.69. The van der Waals surface area contributed by atoms with Gasteiger partial charge in [0, 0.05) is 45.8 Å². The fraction of sp³-hybridized carbons (Fsp3) is 0.783. The number of sulfonamides is 1. The van der Waals surface area contributed by atoms with Crippen molar-refractivity contribution in [2.75, 3.05) is 63.9 Å². The second-order valence-electron chi connectivity index (χ2n) is 10.3. The fourth-order valence-electron chi connectivity index (χ4n) is 4.85. The standard InChI is InChI=1S/C23H36N6O5S/c1-23(5-6-23)34-22(30)28-8-3-18(4-9-28)17-33-21-16-25-20(15-26-21)27-10-12-29(13-11-27)35(31,32)19-2-7-24-14-19/h15-16,18-19,24H,2-14,17H2,1H3/t19-/m1/s1. The number of likely N-dealkylation sites (tertiary alicyclic amines) is 1. The Labute approximate surface area is 207 Å². The lowest BCUT2D eigenvalue weighted by molar-refractivity contribution is 0.0454. The predicted octanol–water partition coefficient (Wildman–Crippen LogP) is 1.07. The first-order valence-corrected chi connectivity index (χ1v) is 14.2.